The van der Waals surface area contributed by atoms with Crippen molar-refractivity contribution in [2.75, 3.05) is 0 Å². The molecule has 29 heavy (non-hydrogen) atoms. The highest BCUT2D eigenvalue weighted by Crippen LogP contribution is 2.53. The molecule has 1 aliphatic carbocycles. The van der Waals surface area contributed by atoms with Crippen LogP contribution in [0.3, 0.4) is 0 Å². The van der Waals surface area contributed by atoms with Crippen molar-refractivity contribution >= 4 is 34.2 Å². The van der Waals surface area contributed by atoms with Crippen LogP contribution in [0.5, 0.6) is 0 Å². The maximum absolute atomic E-state index is 6.53. The summed E-state index contributed by atoms with van der Waals surface area (Å²) in [6.07, 6.45) is 1.90. The molecule has 5 rings (SSSR count). The molecular weight excluding hydrogens is 487 g/mol. The summed E-state index contributed by atoms with van der Waals surface area (Å²) >= 11 is 8.96. The van der Waals surface area contributed by atoms with Gasteiger partial charge in [-0.05, 0) is 93.1 Å². The second kappa shape index (κ2) is 7.62. The van der Waals surface area contributed by atoms with Gasteiger partial charge in [-0.15, -0.1) is 0 Å². The van der Waals surface area contributed by atoms with Crippen LogP contribution in [0.2, 0.25) is 5.02 Å². The molecule has 0 amide bonds. The Bertz CT molecular complexity index is 1070. The van der Waals surface area contributed by atoms with Crippen molar-refractivity contribution < 1.29 is 0 Å². The molecule has 0 heterocycles. The van der Waals surface area contributed by atoms with Gasteiger partial charge < -0.3 is 0 Å². The largest absolute Gasteiger partial charge is 0.0843 e. The third kappa shape index (κ3) is 3.41. The van der Waals surface area contributed by atoms with Crippen molar-refractivity contribution in [1.29, 1.82) is 0 Å². The van der Waals surface area contributed by atoms with E-state index in [1.807, 2.05) is 6.07 Å². The van der Waals surface area contributed by atoms with Crippen molar-refractivity contribution in [3.63, 3.8) is 0 Å². The average molecular weight is 507 g/mol. The van der Waals surface area contributed by atoms with Gasteiger partial charge in [-0.2, -0.15) is 0 Å². The second-order valence-corrected chi connectivity index (χ2v) is 9.47. The normalized spacial score (nSPS) is 13.7. The summed E-state index contributed by atoms with van der Waals surface area (Å²) in [5, 5.41) is 0.803. The number of benzene rings is 4. The monoisotopic (exact) mass is 506 g/mol. The summed E-state index contributed by atoms with van der Waals surface area (Å²) in [7, 11) is 0. The highest BCUT2D eigenvalue weighted by Gasteiger charge is 2.43. The third-order valence-corrected chi connectivity index (χ3v) is 6.89. The lowest BCUT2D eigenvalue weighted by Crippen LogP contribution is -2.31. The van der Waals surface area contributed by atoms with Gasteiger partial charge in [-0.3, -0.25) is 0 Å². The molecule has 0 nitrogen and oxygen atoms in total. The molecule has 0 radical (unpaired) electrons. The first-order chi connectivity index (χ1) is 14.2. The minimum atomic E-state index is -0.139. The fourth-order valence-electron chi connectivity index (χ4n) is 4.77. The van der Waals surface area contributed by atoms with Crippen LogP contribution in [0.1, 0.15) is 22.3 Å². The van der Waals surface area contributed by atoms with Crippen LogP contribution in [0, 0.1) is 3.57 Å². The summed E-state index contributed by atoms with van der Waals surface area (Å²) < 4.78 is 1.27. The van der Waals surface area contributed by atoms with Crippen LogP contribution in [-0.2, 0) is 18.3 Å². The van der Waals surface area contributed by atoms with Crippen molar-refractivity contribution in [3.8, 4) is 11.1 Å². The Morgan fingerprint density at radius 3 is 1.72 bits per heavy atom. The zero-order valence-corrected chi connectivity index (χ0v) is 18.8. The van der Waals surface area contributed by atoms with E-state index in [1.165, 1.54) is 37.0 Å². The van der Waals surface area contributed by atoms with E-state index in [0.29, 0.717) is 0 Å². The number of hydrogen-bond acceptors (Lipinski definition) is 0. The molecule has 0 aliphatic heterocycles. The summed E-state index contributed by atoms with van der Waals surface area (Å²) in [5.74, 6) is 0. The van der Waals surface area contributed by atoms with E-state index in [4.69, 9.17) is 11.6 Å². The predicted molar refractivity (Wildman–Crippen MR) is 131 cm³/mol. The number of hydrogen-bond donors (Lipinski definition) is 0. The molecule has 0 saturated heterocycles. The SMILES string of the molecule is Clc1ccc2c(c1)C(Cc1ccccc1)(Cc1ccccc1)c1cc(I)ccc1-2. The van der Waals surface area contributed by atoms with Gasteiger partial charge in [0.15, 0.2) is 0 Å². The Morgan fingerprint density at radius 2 is 1.14 bits per heavy atom. The lowest BCUT2D eigenvalue weighted by atomic mass is 9.69. The van der Waals surface area contributed by atoms with Crippen LogP contribution >= 0.6 is 34.2 Å². The molecule has 0 bridgehead atoms. The summed E-state index contributed by atoms with van der Waals surface area (Å²) in [4.78, 5) is 0. The molecule has 4 aromatic rings. The minimum Gasteiger partial charge on any atom is -0.0843 e. The van der Waals surface area contributed by atoms with Crippen LogP contribution in [0.4, 0.5) is 0 Å². The molecule has 0 unspecified atom stereocenters. The molecule has 0 spiro atoms. The molecule has 142 valence electrons. The molecule has 2 heteroatoms. The Balaban J connectivity index is 1.79. The molecule has 0 fully saturated rings. The molecule has 0 N–H and O–H groups in total. The molecule has 4 aromatic carbocycles. The zero-order chi connectivity index (χ0) is 19.8. The van der Waals surface area contributed by atoms with E-state index in [0.717, 1.165) is 17.9 Å². The molecule has 0 saturated carbocycles. The van der Waals surface area contributed by atoms with Gasteiger partial charge in [0.05, 0.1) is 0 Å². The first-order valence-electron chi connectivity index (χ1n) is 9.84. The van der Waals surface area contributed by atoms with Gasteiger partial charge in [0.2, 0.25) is 0 Å². The van der Waals surface area contributed by atoms with Crippen LogP contribution in [-0.4, -0.2) is 0 Å². The van der Waals surface area contributed by atoms with Crippen LogP contribution in [0.15, 0.2) is 97.1 Å². The van der Waals surface area contributed by atoms with Crippen molar-refractivity contribution in [2.24, 2.45) is 0 Å². The van der Waals surface area contributed by atoms with Crippen molar-refractivity contribution in [3.05, 3.63) is 128 Å². The van der Waals surface area contributed by atoms with Gasteiger partial charge >= 0.3 is 0 Å². The molecular formula is C27H20ClI. The topological polar surface area (TPSA) is 0 Å². The van der Waals surface area contributed by atoms with E-state index in [1.54, 1.807) is 0 Å². The Morgan fingerprint density at radius 1 is 0.621 bits per heavy atom. The number of fused-ring (bicyclic) bond motifs is 3. The standard InChI is InChI=1S/C27H20ClI/c28-21-11-13-23-24-14-12-22(29)16-26(24)27(25(23)15-21,17-19-7-3-1-4-8-19)18-20-9-5-2-6-10-20/h1-16H,17-18H2. The minimum absolute atomic E-state index is 0.139. The maximum Gasteiger partial charge on any atom is 0.0409 e. The van der Waals surface area contributed by atoms with Crippen LogP contribution < -0.4 is 0 Å². The van der Waals surface area contributed by atoms with Gasteiger partial charge in [0.25, 0.3) is 0 Å². The highest BCUT2D eigenvalue weighted by atomic mass is 127. The van der Waals surface area contributed by atoms with E-state index in [-0.39, 0.29) is 5.41 Å². The smallest absolute Gasteiger partial charge is 0.0409 e. The molecule has 0 atom stereocenters. The fraction of sp³-hybridized carbons (Fsp3) is 0.111. The Kier molecular flexibility index (Phi) is 4.97. The van der Waals surface area contributed by atoms with Crippen molar-refractivity contribution in [1.82, 2.24) is 0 Å². The summed E-state index contributed by atoms with van der Waals surface area (Å²) in [5.41, 5.74) is 7.96. The zero-order valence-electron chi connectivity index (χ0n) is 15.9. The van der Waals surface area contributed by atoms with Gasteiger partial charge in [-0.25, -0.2) is 0 Å². The summed E-state index contributed by atoms with van der Waals surface area (Å²) in [6, 6.07) is 34.9. The number of rotatable bonds is 4. The number of halogens is 2. The lowest BCUT2D eigenvalue weighted by molar-refractivity contribution is 0.520. The predicted octanol–water partition coefficient (Wildman–Crippen LogP) is 7.70. The first kappa shape index (κ1) is 18.9. The second-order valence-electron chi connectivity index (χ2n) is 7.79. The van der Waals surface area contributed by atoms with E-state index >= 15 is 0 Å². The fourth-order valence-corrected chi connectivity index (χ4v) is 5.43. The lowest BCUT2D eigenvalue weighted by Gasteiger charge is -2.33. The molecule has 0 aromatic heterocycles. The first-order valence-corrected chi connectivity index (χ1v) is 11.3. The maximum atomic E-state index is 6.53. The van der Waals surface area contributed by atoms with Gasteiger partial charge in [0.1, 0.15) is 0 Å². The Hall–Kier alpha value is -2.10. The Labute approximate surface area is 190 Å². The van der Waals surface area contributed by atoms with E-state index in [9.17, 15) is 0 Å². The van der Waals surface area contributed by atoms with Gasteiger partial charge in [-0.1, -0.05) is 84.4 Å². The van der Waals surface area contributed by atoms with E-state index < -0.39 is 0 Å². The van der Waals surface area contributed by atoms with Crippen molar-refractivity contribution in [2.45, 2.75) is 18.3 Å². The van der Waals surface area contributed by atoms with E-state index in [2.05, 4.69) is 114 Å². The third-order valence-electron chi connectivity index (χ3n) is 5.98. The summed E-state index contributed by atoms with van der Waals surface area (Å²) in [6.45, 7) is 0. The van der Waals surface area contributed by atoms with Crippen LogP contribution in [0.25, 0.3) is 11.1 Å². The average Bonchev–Trinajstić information content (AvgIpc) is 2.98. The molecule has 1 aliphatic rings. The quantitative estimate of drug-likeness (QED) is 0.249. The highest BCUT2D eigenvalue weighted by molar-refractivity contribution is 14.1. The van der Waals surface area contributed by atoms with Gasteiger partial charge in [0, 0.05) is 14.0 Å².